The number of aliphatic imine (C=N–C) groups is 1. The van der Waals surface area contributed by atoms with Crippen LogP contribution in [0.2, 0.25) is 0 Å². The Kier molecular flexibility index (Phi) is 4.47. The number of rotatable bonds is 2. The molecule has 0 unspecified atom stereocenters. The Hall–Kier alpha value is -2.11. The van der Waals surface area contributed by atoms with Crippen molar-refractivity contribution in [1.29, 1.82) is 0 Å². The zero-order valence-electron chi connectivity index (χ0n) is 14.2. The topological polar surface area (TPSA) is 51.1 Å². The van der Waals surface area contributed by atoms with Crippen LogP contribution >= 0.6 is 0 Å². The number of carbonyl (C=O) groups is 1. The molecule has 0 aromatic heterocycles. The molecule has 6 heteroatoms. The van der Waals surface area contributed by atoms with Crippen LogP contribution in [0.3, 0.4) is 0 Å². The van der Waals surface area contributed by atoms with Crippen molar-refractivity contribution in [2.24, 2.45) is 4.99 Å². The van der Waals surface area contributed by atoms with Gasteiger partial charge in [-0.15, -0.1) is 0 Å². The molecule has 1 fully saturated rings. The second-order valence-corrected chi connectivity index (χ2v) is 7.19. The van der Waals surface area contributed by atoms with Crippen LogP contribution in [-0.4, -0.2) is 47.9 Å². The van der Waals surface area contributed by atoms with Crippen molar-refractivity contribution in [3.63, 3.8) is 0 Å². The quantitative estimate of drug-likeness (QED) is 0.832. The molecule has 0 N–H and O–H groups in total. The van der Waals surface area contributed by atoms with E-state index in [1.807, 2.05) is 30.3 Å². The monoisotopic (exact) mass is 334 g/mol. The fraction of sp³-hybridized carbons (Fsp3) is 0.556. The molecule has 0 saturated carbocycles. The van der Waals surface area contributed by atoms with Crippen molar-refractivity contribution in [2.45, 2.75) is 51.0 Å². The summed E-state index contributed by atoms with van der Waals surface area (Å²) in [6.07, 6.45) is -1.42. The third-order valence-corrected chi connectivity index (χ3v) is 4.02. The van der Waals surface area contributed by atoms with E-state index in [0.29, 0.717) is 12.5 Å². The summed E-state index contributed by atoms with van der Waals surface area (Å²) in [5.74, 6) is 0.426. The van der Waals surface area contributed by atoms with E-state index in [2.05, 4.69) is 4.99 Å². The number of benzene rings is 1. The molecule has 1 amide bonds. The molecule has 1 aromatic rings. The van der Waals surface area contributed by atoms with Gasteiger partial charge in [-0.3, -0.25) is 4.90 Å². The van der Waals surface area contributed by atoms with Crippen LogP contribution in [0.25, 0.3) is 0 Å². The third-order valence-electron chi connectivity index (χ3n) is 4.02. The summed E-state index contributed by atoms with van der Waals surface area (Å²) in [7, 11) is 0. The Bertz CT molecular complexity index is 627. The number of halogens is 1. The first-order valence-electron chi connectivity index (χ1n) is 8.22. The molecule has 24 heavy (non-hydrogen) atoms. The van der Waals surface area contributed by atoms with Gasteiger partial charge in [0, 0.05) is 6.42 Å². The fourth-order valence-corrected chi connectivity index (χ4v) is 2.96. The largest absolute Gasteiger partial charge is 0.477 e. The summed E-state index contributed by atoms with van der Waals surface area (Å²) in [5, 5.41) is 0. The van der Waals surface area contributed by atoms with Gasteiger partial charge >= 0.3 is 6.09 Å². The predicted molar refractivity (Wildman–Crippen MR) is 88.8 cm³/mol. The molecule has 2 aliphatic heterocycles. The molecule has 1 aromatic carbocycles. The number of nitrogens with zero attached hydrogens (tertiary/aromatic N) is 2. The summed E-state index contributed by atoms with van der Waals surface area (Å²) in [6.45, 7) is 5.79. The van der Waals surface area contributed by atoms with Crippen LogP contribution in [0, 0.1) is 0 Å². The maximum Gasteiger partial charge on any atom is 0.411 e. The van der Waals surface area contributed by atoms with Crippen molar-refractivity contribution in [2.75, 3.05) is 13.2 Å². The third kappa shape index (κ3) is 3.68. The Morgan fingerprint density at radius 1 is 1.33 bits per heavy atom. The van der Waals surface area contributed by atoms with E-state index in [1.54, 1.807) is 20.8 Å². The average Bonchev–Trinajstić information content (AvgIpc) is 3.12. The molecular formula is C18H23FN2O3. The summed E-state index contributed by atoms with van der Waals surface area (Å²) >= 11 is 0. The van der Waals surface area contributed by atoms with E-state index >= 15 is 0 Å². The lowest BCUT2D eigenvalue weighted by atomic mass is 10.1. The number of carbonyl (C=O) groups excluding carboxylic acids is 1. The highest BCUT2D eigenvalue weighted by atomic mass is 19.1. The van der Waals surface area contributed by atoms with Crippen LogP contribution in [-0.2, 0) is 9.47 Å². The molecule has 0 aliphatic carbocycles. The Balaban J connectivity index is 1.76. The van der Waals surface area contributed by atoms with Crippen molar-refractivity contribution in [3.05, 3.63) is 35.9 Å². The Labute approximate surface area is 141 Å². The van der Waals surface area contributed by atoms with Gasteiger partial charge < -0.3 is 9.47 Å². The summed E-state index contributed by atoms with van der Waals surface area (Å²) in [6, 6.07) is 9.20. The summed E-state index contributed by atoms with van der Waals surface area (Å²) in [5.41, 5.74) is 0.423. The van der Waals surface area contributed by atoms with E-state index in [0.717, 1.165) is 5.56 Å². The lowest BCUT2D eigenvalue weighted by molar-refractivity contribution is 0.0245. The summed E-state index contributed by atoms with van der Waals surface area (Å²) in [4.78, 5) is 18.3. The Morgan fingerprint density at radius 3 is 2.71 bits per heavy atom. The smallest absolute Gasteiger partial charge is 0.411 e. The van der Waals surface area contributed by atoms with Gasteiger partial charge in [0.1, 0.15) is 30.5 Å². The van der Waals surface area contributed by atoms with E-state index < -0.39 is 23.9 Å². The zero-order chi connectivity index (χ0) is 17.3. The van der Waals surface area contributed by atoms with Crippen molar-refractivity contribution in [1.82, 2.24) is 4.90 Å². The lowest BCUT2D eigenvalue weighted by Crippen LogP contribution is -2.43. The standard InChI is InChI=1S/C18H23FN2O3/c1-18(2,3)24-17(22)21-10-13(19)9-15(21)16-20-14(11-23-16)12-7-5-4-6-8-12/h4-8,13-15H,9-11H2,1-3H3/t13-,14-,15-/m0/s1. The molecule has 3 atom stereocenters. The Morgan fingerprint density at radius 2 is 2.04 bits per heavy atom. The van der Waals surface area contributed by atoms with Crippen molar-refractivity contribution >= 4 is 12.0 Å². The number of hydrogen-bond acceptors (Lipinski definition) is 4. The molecule has 5 nitrogen and oxygen atoms in total. The van der Waals surface area contributed by atoms with E-state index in [1.165, 1.54) is 4.90 Å². The minimum atomic E-state index is -1.09. The van der Waals surface area contributed by atoms with E-state index in [4.69, 9.17) is 9.47 Å². The molecule has 2 aliphatic rings. The normalized spacial score (nSPS) is 26.9. The second kappa shape index (κ2) is 6.42. The number of amides is 1. The maximum atomic E-state index is 13.9. The minimum absolute atomic E-state index is 0.0119. The van der Waals surface area contributed by atoms with Crippen molar-refractivity contribution in [3.8, 4) is 0 Å². The van der Waals surface area contributed by atoms with Gasteiger partial charge in [-0.25, -0.2) is 14.2 Å². The first-order valence-corrected chi connectivity index (χ1v) is 8.22. The van der Waals surface area contributed by atoms with Gasteiger partial charge in [-0.05, 0) is 26.3 Å². The van der Waals surface area contributed by atoms with Crippen LogP contribution in [0.4, 0.5) is 9.18 Å². The van der Waals surface area contributed by atoms with Crippen molar-refractivity contribution < 1.29 is 18.7 Å². The number of alkyl halides is 1. The minimum Gasteiger partial charge on any atom is -0.477 e. The molecule has 2 heterocycles. The van der Waals surface area contributed by atoms with Gasteiger partial charge in [-0.2, -0.15) is 0 Å². The van der Waals surface area contributed by atoms with Gasteiger partial charge in [0.15, 0.2) is 0 Å². The highest BCUT2D eigenvalue weighted by Crippen LogP contribution is 2.30. The molecule has 3 rings (SSSR count). The SMILES string of the molecule is CC(C)(C)OC(=O)N1C[C@@H](F)C[C@H]1C1=N[C@H](c2ccccc2)CO1. The van der Waals surface area contributed by atoms with Crippen LogP contribution in [0.1, 0.15) is 38.8 Å². The van der Waals surface area contributed by atoms with Crippen LogP contribution < -0.4 is 0 Å². The predicted octanol–water partition coefficient (Wildman–Crippen LogP) is 3.50. The molecule has 0 spiro atoms. The zero-order valence-corrected chi connectivity index (χ0v) is 14.2. The summed E-state index contributed by atoms with van der Waals surface area (Å²) < 4.78 is 25.0. The number of ether oxygens (including phenoxy) is 2. The molecule has 0 bridgehead atoms. The van der Waals surface area contributed by atoms with Crippen LogP contribution in [0.5, 0.6) is 0 Å². The highest BCUT2D eigenvalue weighted by Gasteiger charge is 2.43. The highest BCUT2D eigenvalue weighted by molar-refractivity contribution is 5.87. The average molecular weight is 334 g/mol. The van der Waals surface area contributed by atoms with Crippen LogP contribution in [0.15, 0.2) is 35.3 Å². The molecule has 0 radical (unpaired) electrons. The van der Waals surface area contributed by atoms with Gasteiger partial charge in [0.2, 0.25) is 5.90 Å². The lowest BCUT2D eigenvalue weighted by Gasteiger charge is -2.27. The molecule has 1 saturated heterocycles. The first-order chi connectivity index (χ1) is 11.3. The van der Waals surface area contributed by atoms with Gasteiger partial charge in [0.05, 0.1) is 6.54 Å². The van der Waals surface area contributed by atoms with E-state index in [-0.39, 0.29) is 19.0 Å². The second-order valence-electron chi connectivity index (χ2n) is 7.19. The molecular weight excluding hydrogens is 311 g/mol. The van der Waals surface area contributed by atoms with E-state index in [9.17, 15) is 9.18 Å². The number of hydrogen-bond donors (Lipinski definition) is 0. The number of likely N-dealkylation sites (tertiary alicyclic amines) is 1. The van der Waals surface area contributed by atoms with Gasteiger partial charge in [0.25, 0.3) is 0 Å². The first kappa shape index (κ1) is 16.7. The fourth-order valence-electron chi connectivity index (χ4n) is 2.96. The van der Waals surface area contributed by atoms with Gasteiger partial charge in [-0.1, -0.05) is 30.3 Å². The maximum absolute atomic E-state index is 13.9. The molecule has 130 valence electrons.